The summed E-state index contributed by atoms with van der Waals surface area (Å²) in [7, 11) is 0. The Morgan fingerprint density at radius 1 is 1.38 bits per heavy atom. The highest BCUT2D eigenvalue weighted by molar-refractivity contribution is 5.77. The molecule has 1 unspecified atom stereocenters. The molecule has 0 bridgehead atoms. The van der Waals surface area contributed by atoms with E-state index in [9.17, 15) is 10.1 Å². The van der Waals surface area contributed by atoms with Gasteiger partial charge < -0.3 is 9.73 Å². The fraction of sp³-hybridized carbons (Fsp3) is 0.500. The zero-order valence-electron chi connectivity index (χ0n) is 11.5. The molecule has 0 amide bonds. The molecule has 2 aliphatic rings. The van der Waals surface area contributed by atoms with E-state index in [0.29, 0.717) is 23.2 Å². The first-order valence-electron chi connectivity index (χ1n) is 7.24. The summed E-state index contributed by atoms with van der Waals surface area (Å²) in [5.74, 6) is 0. The van der Waals surface area contributed by atoms with Crippen LogP contribution in [0.2, 0.25) is 0 Å². The molecule has 1 aliphatic heterocycles. The number of non-ortho nitro benzene ring substituents is 1. The largest absolute Gasteiger partial charge is 0.423 e. The van der Waals surface area contributed by atoms with Crippen molar-refractivity contribution in [1.29, 1.82) is 0 Å². The van der Waals surface area contributed by atoms with Gasteiger partial charge in [-0.15, -0.1) is 0 Å². The number of oxazole rings is 1. The van der Waals surface area contributed by atoms with Gasteiger partial charge >= 0.3 is 0 Å². The molecule has 0 spiro atoms. The second kappa shape index (κ2) is 4.70. The Balaban J connectivity index is 1.50. The van der Waals surface area contributed by atoms with Crippen LogP contribution in [-0.4, -0.2) is 40.0 Å². The zero-order valence-corrected chi connectivity index (χ0v) is 11.5. The third-order valence-electron chi connectivity index (χ3n) is 4.19. The smallest absolute Gasteiger partial charge is 0.295 e. The Morgan fingerprint density at radius 3 is 3.00 bits per heavy atom. The number of anilines is 1. The number of hydrogen-bond acceptors (Lipinski definition) is 6. The topological polar surface area (TPSA) is 84.4 Å². The van der Waals surface area contributed by atoms with Gasteiger partial charge in [0.1, 0.15) is 5.52 Å². The summed E-state index contributed by atoms with van der Waals surface area (Å²) < 4.78 is 5.59. The molecular formula is C14H16N4O3. The number of aromatic nitrogens is 1. The van der Waals surface area contributed by atoms with Crippen LogP contribution in [0.1, 0.15) is 19.3 Å². The average Bonchev–Trinajstić information content (AvgIpc) is 3.07. The van der Waals surface area contributed by atoms with Crippen molar-refractivity contribution in [3.05, 3.63) is 28.3 Å². The molecular weight excluding hydrogens is 272 g/mol. The molecule has 1 aliphatic carbocycles. The molecule has 1 saturated carbocycles. The Hall–Kier alpha value is -2.15. The quantitative estimate of drug-likeness (QED) is 0.687. The molecule has 2 heterocycles. The van der Waals surface area contributed by atoms with Gasteiger partial charge in [-0.3, -0.25) is 15.0 Å². The van der Waals surface area contributed by atoms with Crippen molar-refractivity contribution in [2.75, 3.05) is 18.4 Å². The van der Waals surface area contributed by atoms with Gasteiger partial charge in [-0.25, -0.2) is 0 Å². The molecule has 4 rings (SSSR count). The Labute approximate surface area is 121 Å². The van der Waals surface area contributed by atoms with Gasteiger partial charge in [0.05, 0.1) is 11.0 Å². The van der Waals surface area contributed by atoms with E-state index < -0.39 is 4.92 Å². The minimum atomic E-state index is -0.431. The summed E-state index contributed by atoms with van der Waals surface area (Å²) in [5.41, 5.74) is 1.11. The number of likely N-dealkylation sites (tertiary alicyclic amines) is 1. The summed E-state index contributed by atoms with van der Waals surface area (Å²) in [5, 5.41) is 14.1. The molecule has 1 atom stereocenters. The van der Waals surface area contributed by atoms with Gasteiger partial charge in [-0.1, -0.05) is 0 Å². The van der Waals surface area contributed by atoms with Crippen LogP contribution in [-0.2, 0) is 0 Å². The van der Waals surface area contributed by atoms with Crippen molar-refractivity contribution in [1.82, 2.24) is 9.88 Å². The highest BCUT2D eigenvalue weighted by atomic mass is 16.6. The molecule has 2 fully saturated rings. The summed E-state index contributed by atoms with van der Waals surface area (Å²) in [6, 6.07) is 6.05. The number of nitrogens with one attached hydrogen (secondary N) is 1. The maximum atomic E-state index is 10.8. The van der Waals surface area contributed by atoms with E-state index in [1.165, 1.54) is 25.0 Å². The van der Waals surface area contributed by atoms with Gasteiger partial charge in [0.2, 0.25) is 0 Å². The molecule has 0 radical (unpaired) electrons. The fourth-order valence-electron chi connectivity index (χ4n) is 2.94. The monoisotopic (exact) mass is 288 g/mol. The lowest BCUT2D eigenvalue weighted by Gasteiger charge is -2.14. The average molecular weight is 288 g/mol. The van der Waals surface area contributed by atoms with Gasteiger partial charge in [0, 0.05) is 31.2 Å². The number of hydrogen-bond donors (Lipinski definition) is 1. The number of nitrogens with zero attached hydrogens (tertiary/aromatic N) is 3. The van der Waals surface area contributed by atoms with Crippen LogP contribution in [0.25, 0.3) is 11.1 Å². The first-order chi connectivity index (χ1) is 10.2. The first kappa shape index (κ1) is 12.6. The number of nitro benzene ring substituents is 1. The van der Waals surface area contributed by atoms with E-state index >= 15 is 0 Å². The predicted molar refractivity (Wildman–Crippen MR) is 77.3 cm³/mol. The van der Waals surface area contributed by atoms with Crippen molar-refractivity contribution in [3.8, 4) is 0 Å². The van der Waals surface area contributed by atoms with Crippen molar-refractivity contribution in [2.24, 2.45) is 0 Å². The van der Waals surface area contributed by atoms with Gasteiger partial charge in [-0.05, 0) is 25.3 Å². The Kier molecular flexibility index (Phi) is 2.81. The standard InChI is InChI=1S/C14H16N4O3/c19-18(20)11-3-4-12-13(7-11)21-14(16-12)15-9-5-6-17(8-9)10-1-2-10/h3-4,7,9-10H,1-2,5-6,8H2,(H,15,16). The Bertz CT molecular complexity index is 695. The minimum absolute atomic E-state index is 0.0194. The van der Waals surface area contributed by atoms with Crippen LogP contribution in [0.15, 0.2) is 22.6 Å². The van der Waals surface area contributed by atoms with E-state index in [4.69, 9.17) is 4.42 Å². The predicted octanol–water partition coefficient (Wildman–Crippen LogP) is 2.38. The fourth-order valence-corrected chi connectivity index (χ4v) is 2.94. The van der Waals surface area contributed by atoms with Gasteiger partial charge in [0.25, 0.3) is 11.7 Å². The second-order valence-electron chi connectivity index (χ2n) is 5.78. The lowest BCUT2D eigenvalue weighted by molar-refractivity contribution is -0.384. The third kappa shape index (κ3) is 2.44. The van der Waals surface area contributed by atoms with Crippen LogP contribution >= 0.6 is 0 Å². The van der Waals surface area contributed by atoms with E-state index in [1.807, 2.05) is 0 Å². The second-order valence-corrected chi connectivity index (χ2v) is 5.78. The molecule has 21 heavy (non-hydrogen) atoms. The van der Waals surface area contributed by atoms with Crippen LogP contribution < -0.4 is 5.32 Å². The van der Waals surface area contributed by atoms with Gasteiger partial charge in [0.15, 0.2) is 5.58 Å². The van der Waals surface area contributed by atoms with E-state index in [1.54, 1.807) is 6.07 Å². The summed E-state index contributed by atoms with van der Waals surface area (Å²) >= 11 is 0. The van der Waals surface area contributed by atoms with Crippen molar-refractivity contribution in [2.45, 2.75) is 31.3 Å². The van der Waals surface area contributed by atoms with E-state index in [-0.39, 0.29) is 5.69 Å². The van der Waals surface area contributed by atoms with Crippen LogP contribution in [0.4, 0.5) is 11.7 Å². The molecule has 2 aromatic rings. The lowest BCUT2D eigenvalue weighted by Crippen LogP contribution is -2.27. The van der Waals surface area contributed by atoms with E-state index in [0.717, 1.165) is 25.6 Å². The maximum absolute atomic E-state index is 10.8. The maximum Gasteiger partial charge on any atom is 0.295 e. The van der Waals surface area contributed by atoms with E-state index in [2.05, 4.69) is 15.2 Å². The molecule has 110 valence electrons. The SMILES string of the molecule is O=[N+]([O-])c1ccc2nc(NC3CCN(C4CC4)C3)oc2c1. The molecule has 7 nitrogen and oxygen atoms in total. The minimum Gasteiger partial charge on any atom is -0.423 e. The van der Waals surface area contributed by atoms with Crippen molar-refractivity contribution >= 4 is 22.8 Å². The van der Waals surface area contributed by atoms with Crippen LogP contribution in [0, 0.1) is 10.1 Å². The zero-order chi connectivity index (χ0) is 14.4. The highest BCUT2D eigenvalue weighted by Crippen LogP contribution is 2.31. The lowest BCUT2D eigenvalue weighted by atomic mass is 10.3. The number of fused-ring (bicyclic) bond motifs is 1. The third-order valence-corrected chi connectivity index (χ3v) is 4.19. The molecule has 7 heteroatoms. The number of nitro groups is 1. The molecule has 1 N–H and O–H groups in total. The molecule has 1 aromatic heterocycles. The van der Waals surface area contributed by atoms with Crippen molar-refractivity contribution < 1.29 is 9.34 Å². The van der Waals surface area contributed by atoms with Crippen LogP contribution in [0.3, 0.4) is 0 Å². The number of rotatable bonds is 4. The Morgan fingerprint density at radius 2 is 2.24 bits per heavy atom. The highest BCUT2D eigenvalue weighted by Gasteiger charge is 2.34. The van der Waals surface area contributed by atoms with Crippen LogP contribution in [0.5, 0.6) is 0 Å². The summed E-state index contributed by atoms with van der Waals surface area (Å²) in [6.45, 7) is 2.14. The summed E-state index contributed by atoms with van der Waals surface area (Å²) in [6.07, 6.45) is 3.72. The first-order valence-corrected chi connectivity index (χ1v) is 7.24. The molecule has 1 saturated heterocycles. The summed E-state index contributed by atoms with van der Waals surface area (Å²) in [4.78, 5) is 17.2. The van der Waals surface area contributed by atoms with Crippen molar-refractivity contribution in [3.63, 3.8) is 0 Å². The van der Waals surface area contributed by atoms with Gasteiger partial charge in [-0.2, -0.15) is 4.98 Å². The molecule has 1 aromatic carbocycles. The normalized spacial score (nSPS) is 22.8. The number of benzene rings is 1.